The highest BCUT2D eigenvalue weighted by Gasteiger charge is 2.38. The Balaban J connectivity index is 0. The fourth-order valence-corrected chi connectivity index (χ4v) is 8.28. The lowest BCUT2D eigenvalue weighted by Gasteiger charge is -2.42. The Bertz CT molecular complexity index is 777. The van der Waals surface area contributed by atoms with E-state index in [9.17, 15) is 0 Å². The van der Waals surface area contributed by atoms with Gasteiger partial charge in [0.05, 0.1) is 0 Å². The van der Waals surface area contributed by atoms with Crippen molar-refractivity contribution in [3.63, 3.8) is 0 Å². The van der Waals surface area contributed by atoms with E-state index in [1.54, 1.807) is 16.7 Å². The van der Waals surface area contributed by atoms with E-state index in [0.29, 0.717) is 0 Å². The summed E-state index contributed by atoms with van der Waals surface area (Å²) in [6.45, 7) is 16.6. The summed E-state index contributed by atoms with van der Waals surface area (Å²) in [5, 5.41) is 8.04. The molecule has 268 valence electrons. The van der Waals surface area contributed by atoms with E-state index in [-0.39, 0.29) is 35.9 Å². The molecular formula is C41H80Cl2N2. The second-order valence-electron chi connectivity index (χ2n) is 14.2. The summed E-state index contributed by atoms with van der Waals surface area (Å²) in [7, 11) is 4.53. The quantitative estimate of drug-likeness (QED) is 0.0867. The van der Waals surface area contributed by atoms with Gasteiger partial charge in [-0.05, 0) is 88.4 Å². The molecule has 0 aliphatic carbocycles. The third-order valence-electron chi connectivity index (χ3n) is 10.7. The Labute approximate surface area is 296 Å². The van der Waals surface area contributed by atoms with Crippen LogP contribution < -0.4 is 10.6 Å². The number of rotatable bonds is 28. The molecule has 0 aromatic heterocycles. The highest BCUT2D eigenvalue weighted by atomic mass is 35.5. The van der Waals surface area contributed by atoms with Crippen LogP contribution in [0.4, 0.5) is 0 Å². The van der Waals surface area contributed by atoms with Gasteiger partial charge in [-0.3, -0.25) is 0 Å². The molecule has 0 aliphatic heterocycles. The number of hydrogen-bond donors (Lipinski definition) is 2. The molecule has 0 amide bonds. The highest BCUT2D eigenvalue weighted by Crippen LogP contribution is 2.44. The van der Waals surface area contributed by atoms with E-state index in [0.717, 1.165) is 0 Å². The van der Waals surface area contributed by atoms with E-state index in [1.165, 1.54) is 165 Å². The predicted octanol–water partition coefficient (Wildman–Crippen LogP) is 13.7. The Morgan fingerprint density at radius 3 is 0.933 bits per heavy atom. The zero-order valence-electron chi connectivity index (χ0n) is 31.9. The molecule has 1 rings (SSSR count). The lowest BCUT2D eigenvalue weighted by molar-refractivity contribution is 0.270. The van der Waals surface area contributed by atoms with Crippen molar-refractivity contribution in [2.75, 3.05) is 14.1 Å². The second-order valence-corrected chi connectivity index (χ2v) is 14.2. The van der Waals surface area contributed by atoms with E-state index in [2.05, 4.69) is 79.3 Å². The smallest absolute Gasteiger partial charge is 0.0437 e. The molecule has 1 aromatic carbocycles. The van der Waals surface area contributed by atoms with Crippen molar-refractivity contribution in [2.45, 2.75) is 214 Å². The summed E-state index contributed by atoms with van der Waals surface area (Å²) in [5.41, 5.74) is 8.00. The molecule has 0 spiro atoms. The van der Waals surface area contributed by atoms with Gasteiger partial charge < -0.3 is 10.6 Å². The van der Waals surface area contributed by atoms with Gasteiger partial charge in [0.15, 0.2) is 0 Å². The lowest BCUT2D eigenvalue weighted by Crippen LogP contribution is -2.45. The van der Waals surface area contributed by atoms with Crippen molar-refractivity contribution in [3.8, 4) is 0 Å². The molecule has 45 heavy (non-hydrogen) atoms. The third kappa shape index (κ3) is 15.7. The summed E-state index contributed by atoms with van der Waals surface area (Å²) >= 11 is 0. The minimum atomic E-state index is 0. The van der Waals surface area contributed by atoms with Crippen LogP contribution >= 0.6 is 24.8 Å². The van der Waals surface area contributed by atoms with E-state index in [4.69, 9.17) is 0 Å². The monoisotopic (exact) mass is 671 g/mol. The molecule has 0 saturated carbocycles. The molecule has 0 bridgehead atoms. The maximum absolute atomic E-state index is 4.02. The molecule has 0 heterocycles. The number of benzene rings is 1. The van der Waals surface area contributed by atoms with Gasteiger partial charge in [-0.1, -0.05) is 162 Å². The molecule has 0 saturated heterocycles. The third-order valence-corrected chi connectivity index (χ3v) is 10.7. The number of halogens is 2. The van der Waals surface area contributed by atoms with Gasteiger partial charge in [-0.15, -0.1) is 24.8 Å². The van der Waals surface area contributed by atoms with E-state index < -0.39 is 0 Å². The first-order chi connectivity index (χ1) is 20.8. The standard InChI is InChI=1S/C41H78N2.2ClH/c1-10-14-18-22-24-28-32-40(42-8,30-26-20-16-12-3)38-35(5)34-36(6)39(37(38)7)41(43-9,31-27-21-17-13-4)33-29-25-23-19-15-11-2;;/h34,42-43H,10-33H2,1-9H3;2*1H. The van der Waals surface area contributed by atoms with Crippen LogP contribution in [0.2, 0.25) is 0 Å². The average molecular weight is 672 g/mol. The molecule has 4 heteroatoms. The van der Waals surface area contributed by atoms with E-state index in [1.807, 2.05) is 0 Å². The van der Waals surface area contributed by atoms with Gasteiger partial charge >= 0.3 is 0 Å². The van der Waals surface area contributed by atoms with Crippen molar-refractivity contribution in [1.82, 2.24) is 10.6 Å². The Hall–Kier alpha value is -0.280. The number of nitrogens with one attached hydrogen (secondary N) is 2. The number of unbranched alkanes of at least 4 members (excludes halogenated alkanes) is 16. The zero-order valence-corrected chi connectivity index (χ0v) is 33.5. The molecule has 0 radical (unpaired) electrons. The first-order valence-corrected chi connectivity index (χ1v) is 19.3. The zero-order chi connectivity index (χ0) is 32.0. The Morgan fingerprint density at radius 1 is 0.422 bits per heavy atom. The normalized spacial score (nSPS) is 14.0. The first-order valence-electron chi connectivity index (χ1n) is 19.3. The highest BCUT2D eigenvalue weighted by molar-refractivity contribution is 5.85. The van der Waals surface area contributed by atoms with Gasteiger partial charge in [0.1, 0.15) is 0 Å². The molecule has 0 fully saturated rings. The molecule has 0 aliphatic rings. The molecule has 2 unspecified atom stereocenters. The van der Waals surface area contributed by atoms with Gasteiger partial charge in [0, 0.05) is 11.1 Å². The Kier molecular flexibility index (Phi) is 28.8. The summed E-state index contributed by atoms with van der Waals surface area (Å²) < 4.78 is 0. The van der Waals surface area contributed by atoms with Crippen molar-refractivity contribution in [1.29, 1.82) is 0 Å². The van der Waals surface area contributed by atoms with Crippen LogP contribution in [0, 0.1) is 20.8 Å². The number of aryl methyl sites for hydroxylation is 2. The summed E-state index contributed by atoms with van der Waals surface area (Å²) in [6, 6.07) is 2.57. The summed E-state index contributed by atoms with van der Waals surface area (Å²) in [5.74, 6) is 0. The minimum absolute atomic E-state index is 0. The number of hydrogen-bond acceptors (Lipinski definition) is 2. The van der Waals surface area contributed by atoms with Gasteiger partial charge in [0.25, 0.3) is 0 Å². The minimum Gasteiger partial charge on any atom is -0.310 e. The molecule has 2 atom stereocenters. The van der Waals surface area contributed by atoms with Gasteiger partial charge in [0.2, 0.25) is 0 Å². The Morgan fingerprint density at radius 2 is 0.667 bits per heavy atom. The molecule has 1 aromatic rings. The maximum atomic E-state index is 4.02. The van der Waals surface area contributed by atoms with Crippen molar-refractivity contribution < 1.29 is 0 Å². The van der Waals surface area contributed by atoms with Crippen molar-refractivity contribution >= 4 is 24.8 Å². The van der Waals surface area contributed by atoms with Crippen LogP contribution in [-0.4, -0.2) is 14.1 Å². The van der Waals surface area contributed by atoms with Crippen molar-refractivity contribution in [2.24, 2.45) is 0 Å². The summed E-state index contributed by atoms with van der Waals surface area (Å²) in [4.78, 5) is 0. The van der Waals surface area contributed by atoms with Crippen LogP contribution in [0.25, 0.3) is 0 Å². The van der Waals surface area contributed by atoms with Crippen LogP contribution in [0.3, 0.4) is 0 Å². The van der Waals surface area contributed by atoms with Gasteiger partial charge in [-0.2, -0.15) is 0 Å². The lowest BCUT2D eigenvalue weighted by atomic mass is 9.70. The SMILES string of the molecule is CCCCCCCCC(CCCCCC)(NC)c1c(C)cc(C)c(C(CCCCCC)(CCCCCCCC)NC)c1C.Cl.Cl. The van der Waals surface area contributed by atoms with Crippen LogP contribution in [0.5, 0.6) is 0 Å². The molecule has 2 N–H and O–H groups in total. The fourth-order valence-electron chi connectivity index (χ4n) is 8.28. The summed E-state index contributed by atoms with van der Waals surface area (Å²) in [6.07, 6.45) is 32.0. The van der Waals surface area contributed by atoms with Crippen LogP contribution in [0.1, 0.15) is 210 Å². The predicted molar refractivity (Wildman–Crippen MR) is 210 cm³/mol. The van der Waals surface area contributed by atoms with Crippen LogP contribution in [0.15, 0.2) is 6.07 Å². The largest absolute Gasteiger partial charge is 0.310 e. The van der Waals surface area contributed by atoms with Crippen molar-refractivity contribution in [3.05, 3.63) is 33.9 Å². The molecule has 2 nitrogen and oxygen atoms in total. The van der Waals surface area contributed by atoms with Gasteiger partial charge in [-0.25, -0.2) is 0 Å². The molecular weight excluding hydrogens is 591 g/mol. The average Bonchev–Trinajstić information content (AvgIpc) is 2.99. The maximum Gasteiger partial charge on any atom is 0.0437 e. The topological polar surface area (TPSA) is 24.1 Å². The second kappa shape index (κ2) is 27.6. The van der Waals surface area contributed by atoms with Crippen LogP contribution in [-0.2, 0) is 11.1 Å². The fraction of sp³-hybridized carbons (Fsp3) is 0.854. The first kappa shape index (κ1) is 46.8. The van der Waals surface area contributed by atoms with E-state index >= 15 is 0 Å².